The summed E-state index contributed by atoms with van der Waals surface area (Å²) in [5.74, 6) is 0. The van der Waals surface area contributed by atoms with Gasteiger partial charge in [-0.2, -0.15) is 4.31 Å². The smallest absolute Gasteiger partial charge is 0.254 e. The summed E-state index contributed by atoms with van der Waals surface area (Å²) in [4.78, 5) is 0. The van der Waals surface area contributed by atoms with Crippen molar-refractivity contribution < 1.29 is 8.42 Å². The van der Waals surface area contributed by atoms with Crippen LogP contribution in [-0.4, -0.2) is 31.4 Å². The number of piperidine rings is 1. The van der Waals surface area contributed by atoms with Gasteiger partial charge >= 0.3 is 0 Å². The zero-order chi connectivity index (χ0) is 13.3. The highest BCUT2D eigenvalue weighted by molar-refractivity contribution is 9.10. The highest BCUT2D eigenvalue weighted by Crippen LogP contribution is 2.35. The van der Waals surface area contributed by atoms with Gasteiger partial charge in [0.05, 0.1) is 0 Å². The van der Waals surface area contributed by atoms with Crippen molar-refractivity contribution in [3.8, 4) is 0 Å². The summed E-state index contributed by atoms with van der Waals surface area (Å²) in [6.07, 6.45) is 2.79. The second-order valence-electron chi connectivity index (χ2n) is 4.56. The monoisotopic (exact) mass is 352 g/mol. The first-order valence-corrected chi connectivity index (χ1v) is 9.06. The van der Waals surface area contributed by atoms with Crippen LogP contribution in [0.5, 0.6) is 0 Å². The van der Waals surface area contributed by atoms with Crippen molar-refractivity contribution in [2.45, 2.75) is 42.5 Å². The average molecular weight is 353 g/mol. The van der Waals surface area contributed by atoms with E-state index < -0.39 is 10.0 Å². The van der Waals surface area contributed by atoms with E-state index in [1.165, 1.54) is 11.3 Å². The molecule has 0 aliphatic carbocycles. The van der Waals surface area contributed by atoms with Crippen molar-refractivity contribution in [1.82, 2.24) is 4.31 Å². The molecule has 1 saturated heterocycles. The van der Waals surface area contributed by atoms with Gasteiger partial charge in [0.25, 0.3) is 10.0 Å². The lowest BCUT2D eigenvalue weighted by molar-refractivity contribution is 0.196. The summed E-state index contributed by atoms with van der Waals surface area (Å²) >= 11 is 4.55. The second-order valence-corrected chi connectivity index (χ2v) is 8.37. The summed E-state index contributed by atoms with van der Waals surface area (Å²) in [6, 6.07) is 1.71. The molecule has 1 aromatic heterocycles. The highest BCUT2D eigenvalue weighted by atomic mass is 79.9. The van der Waals surface area contributed by atoms with Crippen LogP contribution in [0.2, 0.25) is 0 Å². The molecule has 0 spiro atoms. The van der Waals surface area contributed by atoms with Crippen LogP contribution in [0, 0.1) is 0 Å². The molecular formula is C11H17BrN2O2S2. The van der Waals surface area contributed by atoms with Gasteiger partial charge in [-0.15, -0.1) is 11.3 Å². The van der Waals surface area contributed by atoms with Crippen molar-refractivity contribution in [3.63, 3.8) is 0 Å². The van der Waals surface area contributed by atoms with Crippen LogP contribution in [-0.2, 0) is 10.0 Å². The van der Waals surface area contributed by atoms with Gasteiger partial charge in [-0.1, -0.05) is 6.42 Å². The Balaban J connectivity index is 2.41. The predicted molar refractivity (Wildman–Crippen MR) is 77.2 cm³/mol. The van der Waals surface area contributed by atoms with E-state index in [-0.39, 0.29) is 12.1 Å². The van der Waals surface area contributed by atoms with Crippen LogP contribution in [0.3, 0.4) is 0 Å². The summed E-state index contributed by atoms with van der Waals surface area (Å²) in [6.45, 7) is 2.34. The Morgan fingerprint density at radius 3 is 2.83 bits per heavy atom. The molecule has 4 nitrogen and oxygen atoms in total. The van der Waals surface area contributed by atoms with E-state index in [1.54, 1.807) is 15.8 Å². The molecule has 18 heavy (non-hydrogen) atoms. The van der Waals surface area contributed by atoms with Crippen LogP contribution in [0.4, 0.5) is 0 Å². The number of hydrogen-bond donors (Lipinski definition) is 1. The second kappa shape index (κ2) is 5.58. The molecule has 0 aromatic carbocycles. The molecule has 0 saturated carbocycles. The van der Waals surface area contributed by atoms with E-state index in [0.29, 0.717) is 15.2 Å². The number of hydrogen-bond acceptors (Lipinski definition) is 4. The minimum atomic E-state index is -3.43. The fourth-order valence-corrected chi connectivity index (χ4v) is 6.77. The Bertz CT molecular complexity index is 515. The van der Waals surface area contributed by atoms with Gasteiger partial charge in [-0.3, -0.25) is 0 Å². The first-order valence-electron chi connectivity index (χ1n) is 5.95. The maximum absolute atomic E-state index is 12.7. The molecule has 0 bridgehead atoms. The third kappa shape index (κ3) is 2.51. The number of halogens is 1. The molecule has 1 aliphatic rings. The molecule has 1 fully saturated rings. The number of thiophene rings is 1. The summed E-state index contributed by atoms with van der Waals surface area (Å²) in [7, 11) is -3.43. The number of sulfonamides is 1. The zero-order valence-electron chi connectivity index (χ0n) is 10.2. The maximum Gasteiger partial charge on any atom is 0.254 e. The molecule has 2 atom stereocenters. The average Bonchev–Trinajstić information content (AvgIpc) is 2.75. The topological polar surface area (TPSA) is 63.4 Å². The molecule has 0 radical (unpaired) electrons. The fourth-order valence-electron chi connectivity index (χ4n) is 2.48. The molecule has 1 aromatic rings. The third-order valence-corrected chi connectivity index (χ3v) is 8.04. The van der Waals surface area contributed by atoms with Gasteiger partial charge in [-0.05, 0) is 47.1 Å². The van der Waals surface area contributed by atoms with E-state index in [0.717, 1.165) is 19.3 Å². The normalized spacial score (nSPS) is 26.4. The van der Waals surface area contributed by atoms with E-state index in [2.05, 4.69) is 15.9 Å². The largest absolute Gasteiger partial charge is 0.329 e. The van der Waals surface area contributed by atoms with Crippen LogP contribution in [0.15, 0.2) is 20.1 Å². The molecule has 7 heteroatoms. The first-order chi connectivity index (χ1) is 8.48. The third-order valence-electron chi connectivity index (χ3n) is 3.32. The minimum Gasteiger partial charge on any atom is -0.329 e. The molecule has 2 heterocycles. The zero-order valence-corrected chi connectivity index (χ0v) is 13.4. The van der Waals surface area contributed by atoms with Crippen LogP contribution < -0.4 is 5.73 Å². The predicted octanol–water partition coefficient (Wildman–Crippen LogP) is 2.40. The van der Waals surface area contributed by atoms with Gasteiger partial charge in [-0.25, -0.2) is 8.42 Å². The van der Waals surface area contributed by atoms with E-state index in [1.807, 2.05) is 6.92 Å². The van der Waals surface area contributed by atoms with E-state index in [4.69, 9.17) is 5.73 Å². The Labute approximate surface area is 120 Å². The van der Waals surface area contributed by atoms with Gasteiger partial charge in [0.2, 0.25) is 0 Å². The van der Waals surface area contributed by atoms with Crippen molar-refractivity contribution in [3.05, 3.63) is 15.9 Å². The summed E-state index contributed by atoms with van der Waals surface area (Å²) in [5.41, 5.74) is 5.73. The van der Waals surface area contributed by atoms with Gasteiger partial charge in [0.1, 0.15) is 4.21 Å². The van der Waals surface area contributed by atoms with Crippen LogP contribution >= 0.6 is 27.3 Å². The van der Waals surface area contributed by atoms with E-state index >= 15 is 0 Å². The molecule has 2 rings (SSSR count). The lowest BCUT2D eigenvalue weighted by atomic mass is 10.00. The van der Waals surface area contributed by atoms with Gasteiger partial charge in [0.15, 0.2) is 0 Å². The number of nitrogens with zero attached hydrogens (tertiary/aromatic N) is 1. The molecular weight excluding hydrogens is 336 g/mol. The Morgan fingerprint density at radius 1 is 1.56 bits per heavy atom. The quantitative estimate of drug-likeness (QED) is 0.908. The Kier molecular flexibility index (Phi) is 4.48. The lowest BCUT2D eigenvalue weighted by Crippen LogP contribution is -2.51. The van der Waals surface area contributed by atoms with Crippen molar-refractivity contribution in [2.24, 2.45) is 5.73 Å². The highest BCUT2D eigenvalue weighted by Gasteiger charge is 2.38. The Hall–Kier alpha value is 0.0500. The molecule has 1 aliphatic heterocycles. The SMILES string of the molecule is CC1CCCC(CN)N1S(=O)(=O)c1sccc1Br. The minimum absolute atomic E-state index is 0.0197. The van der Waals surface area contributed by atoms with Gasteiger partial charge in [0, 0.05) is 23.1 Å². The van der Waals surface area contributed by atoms with Gasteiger partial charge < -0.3 is 5.73 Å². The molecule has 2 unspecified atom stereocenters. The standard InChI is InChI=1S/C11H17BrN2O2S2/c1-8-3-2-4-9(7-13)14(8)18(15,16)11-10(12)5-6-17-11/h5-6,8-9H,2-4,7,13H2,1H3. The van der Waals surface area contributed by atoms with Crippen LogP contribution in [0.1, 0.15) is 26.2 Å². The Morgan fingerprint density at radius 2 is 2.28 bits per heavy atom. The lowest BCUT2D eigenvalue weighted by Gasteiger charge is -2.38. The fraction of sp³-hybridized carbons (Fsp3) is 0.636. The van der Waals surface area contributed by atoms with Crippen LogP contribution in [0.25, 0.3) is 0 Å². The molecule has 2 N–H and O–H groups in total. The van der Waals surface area contributed by atoms with Crippen molar-refractivity contribution in [2.75, 3.05) is 6.54 Å². The van der Waals surface area contributed by atoms with Crippen molar-refractivity contribution >= 4 is 37.3 Å². The molecule has 102 valence electrons. The molecule has 0 amide bonds. The first kappa shape index (κ1) is 14.5. The van der Waals surface area contributed by atoms with E-state index in [9.17, 15) is 8.42 Å². The van der Waals surface area contributed by atoms with Crippen molar-refractivity contribution in [1.29, 1.82) is 0 Å². The summed E-state index contributed by atoms with van der Waals surface area (Å²) < 4.78 is 28.0. The number of nitrogens with two attached hydrogens (primary N) is 1. The maximum atomic E-state index is 12.7. The summed E-state index contributed by atoms with van der Waals surface area (Å²) in [5, 5.41) is 1.78. The number of rotatable bonds is 3.